The zero-order valence-electron chi connectivity index (χ0n) is 18.0. The van der Waals surface area contributed by atoms with E-state index in [4.69, 9.17) is 9.47 Å². The molecular weight excluding hydrogens is 519 g/mol. The lowest BCUT2D eigenvalue weighted by molar-refractivity contribution is -0.0505. The molecule has 0 saturated carbocycles. The van der Waals surface area contributed by atoms with Crippen molar-refractivity contribution in [1.82, 2.24) is 10.6 Å². The summed E-state index contributed by atoms with van der Waals surface area (Å²) in [5.74, 6) is 1.18. The van der Waals surface area contributed by atoms with Crippen LogP contribution in [0.3, 0.4) is 0 Å². The Kier molecular flexibility index (Phi) is 12.8. The number of ether oxygens (including phenoxy) is 3. The van der Waals surface area contributed by atoms with Crippen LogP contribution in [0.25, 0.3) is 0 Å². The number of guanidine groups is 1. The van der Waals surface area contributed by atoms with Crippen molar-refractivity contribution in [1.29, 1.82) is 0 Å². The Balaban J connectivity index is 0.00000480. The number of nitrogens with one attached hydrogen (secondary N) is 2. The van der Waals surface area contributed by atoms with Gasteiger partial charge in [-0.1, -0.05) is 31.2 Å². The molecule has 31 heavy (non-hydrogen) atoms. The van der Waals surface area contributed by atoms with E-state index in [0.29, 0.717) is 37.0 Å². The van der Waals surface area contributed by atoms with Crippen molar-refractivity contribution in [3.8, 4) is 11.5 Å². The third kappa shape index (κ3) is 9.26. The highest BCUT2D eigenvalue weighted by Crippen LogP contribution is 2.25. The number of aliphatic imine (C=N–C) groups is 1. The van der Waals surface area contributed by atoms with Gasteiger partial charge in [-0.3, -0.25) is 4.99 Å². The molecule has 0 saturated heterocycles. The van der Waals surface area contributed by atoms with Gasteiger partial charge < -0.3 is 24.8 Å². The molecule has 9 heteroatoms. The number of nitrogens with zero attached hydrogens (tertiary/aromatic N) is 1. The first-order valence-corrected chi connectivity index (χ1v) is 9.78. The second kappa shape index (κ2) is 14.8. The van der Waals surface area contributed by atoms with Gasteiger partial charge in [0, 0.05) is 32.3 Å². The fourth-order valence-electron chi connectivity index (χ4n) is 2.81. The van der Waals surface area contributed by atoms with E-state index in [-0.39, 0.29) is 36.3 Å². The molecule has 6 nitrogen and oxygen atoms in total. The molecule has 0 amide bonds. The molecular formula is C22H30F2IN3O3. The van der Waals surface area contributed by atoms with Crippen LogP contribution in [0.15, 0.2) is 47.5 Å². The highest BCUT2D eigenvalue weighted by Gasteiger charge is 2.12. The van der Waals surface area contributed by atoms with Crippen LogP contribution < -0.4 is 20.1 Å². The number of hydrogen-bond donors (Lipinski definition) is 2. The van der Waals surface area contributed by atoms with Crippen molar-refractivity contribution < 1.29 is 23.0 Å². The summed E-state index contributed by atoms with van der Waals surface area (Å²) in [6.45, 7) is 1.22. The Hall–Kier alpha value is -2.14. The Morgan fingerprint density at radius 2 is 1.71 bits per heavy atom. The second-order valence-corrected chi connectivity index (χ2v) is 6.45. The lowest BCUT2D eigenvalue weighted by Crippen LogP contribution is -2.36. The standard InChI is InChI=1S/C22H29F2N3O3.HI/c1-4-11-29-15-17-8-6-5-7-16(17)13-26-22(25-2)27-14-18-12-19(28-3)9-10-20(18)30-21(23)24;/h5-10,12,21H,4,11,13-15H2,1-3H3,(H2,25,26,27);1H. The Labute approximate surface area is 199 Å². The van der Waals surface area contributed by atoms with Crippen LogP contribution in [0, 0.1) is 0 Å². The van der Waals surface area contributed by atoms with E-state index in [1.807, 2.05) is 24.3 Å². The van der Waals surface area contributed by atoms with Crippen LogP contribution in [0.2, 0.25) is 0 Å². The quantitative estimate of drug-likeness (QED) is 0.184. The lowest BCUT2D eigenvalue weighted by Gasteiger charge is -2.16. The normalized spacial score (nSPS) is 11.1. The predicted octanol–water partition coefficient (Wildman–Crippen LogP) is 4.71. The monoisotopic (exact) mass is 549 g/mol. The lowest BCUT2D eigenvalue weighted by atomic mass is 10.1. The molecule has 0 aliphatic carbocycles. The van der Waals surface area contributed by atoms with Gasteiger partial charge in [-0.15, -0.1) is 24.0 Å². The van der Waals surface area contributed by atoms with E-state index in [0.717, 1.165) is 17.5 Å². The molecule has 0 heterocycles. The minimum Gasteiger partial charge on any atom is -0.497 e. The van der Waals surface area contributed by atoms with Gasteiger partial charge in [0.05, 0.1) is 13.7 Å². The van der Waals surface area contributed by atoms with Crippen LogP contribution in [0.1, 0.15) is 30.0 Å². The number of methoxy groups -OCH3 is 1. The number of rotatable bonds is 11. The predicted molar refractivity (Wildman–Crippen MR) is 128 cm³/mol. The smallest absolute Gasteiger partial charge is 0.387 e. The molecule has 0 aromatic heterocycles. The van der Waals surface area contributed by atoms with Crippen molar-refractivity contribution in [2.45, 2.75) is 39.7 Å². The molecule has 0 spiro atoms. The molecule has 0 bridgehead atoms. The van der Waals surface area contributed by atoms with Gasteiger partial charge in [-0.05, 0) is 35.7 Å². The fourth-order valence-corrected chi connectivity index (χ4v) is 2.81. The van der Waals surface area contributed by atoms with Crippen LogP contribution in [-0.4, -0.2) is 33.3 Å². The average molecular weight is 549 g/mol. The summed E-state index contributed by atoms with van der Waals surface area (Å²) >= 11 is 0. The van der Waals surface area contributed by atoms with Crippen LogP contribution in [0.5, 0.6) is 11.5 Å². The summed E-state index contributed by atoms with van der Waals surface area (Å²) in [5.41, 5.74) is 2.74. The highest BCUT2D eigenvalue weighted by molar-refractivity contribution is 14.0. The molecule has 0 radical (unpaired) electrons. The second-order valence-electron chi connectivity index (χ2n) is 6.45. The molecule has 172 valence electrons. The number of hydrogen-bond acceptors (Lipinski definition) is 4. The third-order valence-electron chi connectivity index (χ3n) is 4.32. The van der Waals surface area contributed by atoms with Crippen molar-refractivity contribution in [2.75, 3.05) is 20.8 Å². The molecule has 0 aliphatic rings. The van der Waals surface area contributed by atoms with Gasteiger partial charge in [-0.25, -0.2) is 0 Å². The summed E-state index contributed by atoms with van der Waals surface area (Å²) in [5, 5.41) is 6.36. The van der Waals surface area contributed by atoms with E-state index in [1.54, 1.807) is 19.2 Å². The molecule has 2 rings (SSSR count). The van der Waals surface area contributed by atoms with Gasteiger partial charge in [0.2, 0.25) is 0 Å². The highest BCUT2D eigenvalue weighted by atomic mass is 127. The maximum atomic E-state index is 12.7. The molecule has 2 N–H and O–H groups in total. The van der Waals surface area contributed by atoms with E-state index < -0.39 is 6.61 Å². The molecule has 2 aromatic carbocycles. The van der Waals surface area contributed by atoms with Crippen molar-refractivity contribution in [2.24, 2.45) is 4.99 Å². The fraction of sp³-hybridized carbons (Fsp3) is 0.409. The number of benzene rings is 2. The molecule has 0 fully saturated rings. The molecule has 2 aromatic rings. The summed E-state index contributed by atoms with van der Waals surface area (Å²) in [6.07, 6.45) is 0.971. The Bertz CT molecular complexity index is 822. The van der Waals surface area contributed by atoms with Gasteiger partial charge in [0.25, 0.3) is 0 Å². The summed E-state index contributed by atoms with van der Waals surface area (Å²) in [7, 11) is 3.16. The number of alkyl halides is 2. The summed E-state index contributed by atoms with van der Waals surface area (Å²) in [6, 6.07) is 12.7. The van der Waals surface area contributed by atoms with Crippen LogP contribution in [-0.2, 0) is 24.4 Å². The van der Waals surface area contributed by atoms with Gasteiger partial charge in [-0.2, -0.15) is 8.78 Å². The van der Waals surface area contributed by atoms with Crippen molar-refractivity contribution in [3.63, 3.8) is 0 Å². The van der Waals surface area contributed by atoms with E-state index in [2.05, 4.69) is 27.3 Å². The minimum absolute atomic E-state index is 0. The summed E-state index contributed by atoms with van der Waals surface area (Å²) in [4.78, 5) is 4.20. The van der Waals surface area contributed by atoms with Gasteiger partial charge in [0.15, 0.2) is 5.96 Å². The Morgan fingerprint density at radius 1 is 1.03 bits per heavy atom. The molecule has 0 atom stereocenters. The number of halogens is 3. The maximum absolute atomic E-state index is 12.7. The van der Waals surface area contributed by atoms with E-state index >= 15 is 0 Å². The van der Waals surface area contributed by atoms with Crippen LogP contribution in [0.4, 0.5) is 8.78 Å². The first-order valence-electron chi connectivity index (χ1n) is 9.78. The van der Waals surface area contributed by atoms with Crippen molar-refractivity contribution in [3.05, 3.63) is 59.2 Å². The Morgan fingerprint density at radius 3 is 2.32 bits per heavy atom. The van der Waals surface area contributed by atoms with Gasteiger partial charge in [0.1, 0.15) is 11.5 Å². The molecule has 0 unspecified atom stereocenters. The average Bonchev–Trinajstić information content (AvgIpc) is 2.75. The third-order valence-corrected chi connectivity index (χ3v) is 4.32. The zero-order valence-corrected chi connectivity index (χ0v) is 20.3. The molecule has 0 aliphatic heterocycles. The van der Waals surface area contributed by atoms with E-state index in [1.165, 1.54) is 13.2 Å². The van der Waals surface area contributed by atoms with Crippen LogP contribution >= 0.6 is 24.0 Å². The first kappa shape index (κ1) is 26.9. The first-order chi connectivity index (χ1) is 14.6. The largest absolute Gasteiger partial charge is 0.497 e. The van der Waals surface area contributed by atoms with Gasteiger partial charge >= 0.3 is 6.61 Å². The minimum atomic E-state index is -2.90. The van der Waals surface area contributed by atoms with Crippen molar-refractivity contribution >= 4 is 29.9 Å². The SMILES string of the molecule is CCCOCc1ccccc1CNC(=NC)NCc1cc(OC)ccc1OC(F)F.I. The summed E-state index contributed by atoms with van der Waals surface area (Å²) < 4.78 is 40.8. The van der Waals surface area contributed by atoms with E-state index in [9.17, 15) is 8.78 Å². The topological polar surface area (TPSA) is 64.1 Å². The maximum Gasteiger partial charge on any atom is 0.387 e. The zero-order chi connectivity index (χ0) is 21.8.